The normalized spacial score (nSPS) is 17.4. The highest BCUT2D eigenvalue weighted by atomic mass is 79.9. The number of imide groups is 1. The van der Waals surface area contributed by atoms with Crippen LogP contribution in [0.3, 0.4) is 0 Å². The Hall–Kier alpha value is -1.69. The molecule has 0 aliphatic carbocycles. The summed E-state index contributed by atoms with van der Waals surface area (Å²) in [5, 5.41) is 9.14. The van der Waals surface area contributed by atoms with Gasteiger partial charge < -0.3 is 5.11 Å². The van der Waals surface area contributed by atoms with Gasteiger partial charge in [0, 0.05) is 10.9 Å². The van der Waals surface area contributed by atoms with Crippen LogP contribution in [0.15, 0.2) is 22.7 Å². The summed E-state index contributed by atoms with van der Waals surface area (Å²) in [6.07, 6.45) is 1.36. The Balaban J connectivity index is 2.48. The molecule has 21 heavy (non-hydrogen) atoms. The van der Waals surface area contributed by atoms with Crippen molar-refractivity contribution in [2.45, 2.75) is 33.1 Å². The van der Waals surface area contributed by atoms with Gasteiger partial charge in [-0.25, -0.2) is 4.79 Å². The van der Waals surface area contributed by atoms with Gasteiger partial charge in [-0.05, 0) is 47.0 Å². The molecule has 0 spiro atoms. The van der Waals surface area contributed by atoms with Gasteiger partial charge in [0.2, 0.25) is 11.8 Å². The zero-order chi connectivity index (χ0) is 15.8. The molecule has 0 bridgehead atoms. The third-order valence-corrected chi connectivity index (χ3v) is 4.88. The van der Waals surface area contributed by atoms with Crippen molar-refractivity contribution in [1.82, 2.24) is 0 Å². The van der Waals surface area contributed by atoms with Crippen LogP contribution in [0.25, 0.3) is 0 Å². The monoisotopic (exact) mass is 353 g/mol. The second-order valence-corrected chi connectivity index (χ2v) is 6.02. The number of halogens is 1. The number of amides is 2. The Morgan fingerprint density at radius 1 is 1.33 bits per heavy atom. The summed E-state index contributed by atoms with van der Waals surface area (Å²) in [6, 6.07) is 4.47. The Kier molecular flexibility index (Phi) is 4.18. The molecule has 1 fully saturated rings. The summed E-state index contributed by atoms with van der Waals surface area (Å²) in [4.78, 5) is 37.1. The number of carbonyl (C=O) groups is 3. The first kappa shape index (κ1) is 15.7. The minimum Gasteiger partial charge on any atom is -0.478 e. The maximum absolute atomic E-state index is 12.6. The maximum atomic E-state index is 12.6. The summed E-state index contributed by atoms with van der Waals surface area (Å²) >= 11 is 3.15. The standard InChI is InChI=1S/C15H16BrNO4/c1-3-15(4-2)8-12(18)17(14(15)21)9-5-6-11(16)10(7-9)13(19)20/h5-7H,3-4,8H2,1-2H3,(H,19,20). The summed E-state index contributed by atoms with van der Waals surface area (Å²) < 4.78 is 0.412. The predicted octanol–water partition coefficient (Wildman–Crippen LogP) is 3.22. The lowest BCUT2D eigenvalue weighted by molar-refractivity contribution is -0.126. The predicted molar refractivity (Wildman–Crippen MR) is 81.2 cm³/mol. The molecule has 1 aliphatic heterocycles. The largest absolute Gasteiger partial charge is 0.478 e. The van der Waals surface area contributed by atoms with E-state index in [0.29, 0.717) is 23.0 Å². The van der Waals surface area contributed by atoms with Crippen LogP contribution in [0, 0.1) is 5.41 Å². The van der Waals surface area contributed by atoms with Gasteiger partial charge in [0.05, 0.1) is 16.7 Å². The van der Waals surface area contributed by atoms with E-state index in [1.165, 1.54) is 12.1 Å². The number of carboxylic acid groups (broad SMARTS) is 1. The molecular formula is C15H16BrNO4. The molecule has 1 aliphatic rings. The van der Waals surface area contributed by atoms with E-state index in [9.17, 15) is 14.4 Å². The first-order valence-corrected chi connectivity index (χ1v) is 7.56. The number of carboxylic acids is 1. The number of carbonyl (C=O) groups excluding carboxylic acids is 2. The molecule has 0 radical (unpaired) electrons. The lowest BCUT2D eigenvalue weighted by Gasteiger charge is -2.23. The molecule has 5 nitrogen and oxygen atoms in total. The summed E-state index contributed by atoms with van der Waals surface area (Å²) in [6.45, 7) is 3.78. The van der Waals surface area contributed by atoms with Crippen molar-refractivity contribution in [2.24, 2.45) is 5.41 Å². The first-order chi connectivity index (χ1) is 9.86. The Bertz CT molecular complexity index is 622. The number of anilines is 1. The highest BCUT2D eigenvalue weighted by Gasteiger charge is 2.49. The zero-order valence-corrected chi connectivity index (χ0v) is 13.4. The van der Waals surface area contributed by atoms with Gasteiger partial charge in [-0.15, -0.1) is 0 Å². The molecule has 1 aromatic rings. The number of aromatic carboxylic acids is 1. The summed E-state index contributed by atoms with van der Waals surface area (Å²) in [5.41, 5.74) is -0.318. The van der Waals surface area contributed by atoms with E-state index in [-0.39, 0.29) is 23.8 Å². The van der Waals surface area contributed by atoms with Crippen LogP contribution in [0.1, 0.15) is 43.5 Å². The van der Waals surface area contributed by atoms with Gasteiger partial charge in [0.25, 0.3) is 0 Å². The molecular weight excluding hydrogens is 338 g/mol. The van der Waals surface area contributed by atoms with Crippen LogP contribution in [0.2, 0.25) is 0 Å². The average Bonchev–Trinajstić information content (AvgIpc) is 2.71. The van der Waals surface area contributed by atoms with E-state index >= 15 is 0 Å². The van der Waals surface area contributed by atoms with Crippen LogP contribution in [0.4, 0.5) is 5.69 Å². The average molecular weight is 354 g/mol. The number of benzene rings is 1. The van der Waals surface area contributed by atoms with Crippen LogP contribution < -0.4 is 4.90 Å². The van der Waals surface area contributed by atoms with Gasteiger partial charge >= 0.3 is 5.97 Å². The van der Waals surface area contributed by atoms with Gasteiger partial charge in [-0.1, -0.05) is 13.8 Å². The van der Waals surface area contributed by atoms with Crippen LogP contribution in [-0.4, -0.2) is 22.9 Å². The van der Waals surface area contributed by atoms with Crippen molar-refractivity contribution in [2.75, 3.05) is 4.90 Å². The second-order valence-electron chi connectivity index (χ2n) is 5.17. The Morgan fingerprint density at radius 3 is 2.43 bits per heavy atom. The van der Waals surface area contributed by atoms with Crippen LogP contribution in [0.5, 0.6) is 0 Å². The Morgan fingerprint density at radius 2 is 1.95 bits per heavy atom. The van der Waals surface area contributed by atoms with E-state index in [4.69, 9.17) is 5.11 Å². The number of rotatable bonds is 4. The summed E-state index contributed by atoms with van der Waals surface area (Å²) in [5.74, 6) is -1.63. The van der Waals surface area contributed by atoms with E-state index in [1.807, 2.05) is 13.8 Å². The molecule has 0 aromatic heterocycles. The smallest absolute Gasteiger partial charge is 0.336 e. The summed E-state index contributed by atoms with van der Waals surface area (Å²) in [7, 11) is 0. The van der Waals surface area contributed by atoms with Crippen molar-refractivity contribution in [1.29, 1.82) is 0 Å². The van der Waals surface area contributed by atoms with Crippen molar-refractivity contribution in [3.63, 3.8) is 0 Å². The maximum Gasteiger partial charge on any atom is 0.336 e. The van der Waals surface area contributed by atoms with Crippen molar-refractivity contribution in [3.8, 4) is 0 Å². The highest BCUT2D eigenvalue weighted by Crippen LogP contribution is 2.41. The fourth-order valence-corrected chi connectivity index (χ4v) is 3.09. The molecule has 1 N–H and O–H groups in total. The number of nitrogens with zero attached hydrogens (tertiary/aromatic N) is 1. The lowest BCUT2D eigenvalue weighted by atomic mass is 9.81. The SMILES string of the molecule is CCC1(CC)CC(=O)N(c2ccc(Br)c(C(=O)O)c2)C1=O. The zero-order valence-electron chi connectivity index (χ0n) is 11.9. The van der Waals surface area contributed by atoms with Gasteiger partial charge in [-0.2, -0.15) is 0 Å². The fraction of sp³-hybridized carbons (Fsp3) is 0.400. The molecule has 0 unspecified atom stereocenters. The van der Waals surface area contributed by atoms with Gasteiger partial charge in [0.1, 0.15) is 0 Å². The van der Waals surface area contributed by atoms with E-state index in [0.717, 1.165) is 4.90 Å². The quantitative estimate of drug-likeness (QED) is 0.843. The van der Waals surface area contributed by atoms with Crippen molar-refractivity contribution in [3.05, 3.63) is 28.2 Å². The number of hydrogen-bond donors (Lipinski definition) is 1. The lowest BCUT2D eigenvalue weighted by Crippen LogP contribution is -2.35. The molecule has 0 saturated carbocycles. The third kappa shape index (κ3) is 2.48. The molecule has 6 heteroatoms. The van der Waals surface area contributed by atoms with Crippen molar-refractivity contribution >= 4 is 39.4 Å². The minimum absolute atomic E-state index is 0.0265. The highest BCUT2D eigenvalue weighted by molar-refractivity contribution is 9.10. The molecule has 2 rings (SSSR count). The van der Waals surface area contributed by atoms with Crippen LogP contribution >= 0.6 is 15.9 Å². The molecule has 2 amide bonds. The first-order valence-electron chi connectivity index (χ1n) is 6.76. The third-order valence-electron chi connectivity index (χ3n) is 4.19. The molecule has 1 heterocycles. The van der Waals surface area contributed by atoms with Crippen LogP contribution in [-0.2, 0) is 9.59 Å². The molecule has 1 aromatic carbocycles. The van der Waals surface area contributed by atoms with E-state index in [2.05, 4.69) is 15.9 Å². The fourth-order valence-electron chi connectivity index (χ4n) is 2.67. The minimum atomic E-state index is -1.11. The number of hydrogen-bond acceptors (Lipinski definition) is 3. The van der Waals surface area contributed by atoms with Crippen molar-refractivity contribution < 1.29 is 19.5 Å². The van der Waals surface area contributed by atoms with Gasteiger partial charge in [-0.3, -0.25) is 14.5 Å². The molecule has 1 saturated heterocycles. The second kappa shape index (κ2) is 5.60. The van der Waals surface area contributed by atoms with Gasteiger partial charge in [0.15, 0.2) is 0 Å². The topological polar surface area (TPSA) is 74.7 Å². The molecule has 0 atom stereocenters. The van der Waals surface area contributed by atoms with E-state index in [1.54, 1.807) is 6.07 Å². The Labute approximate surface area is 131 Å². The molecule has 112 valence electrons. The van der Waals surface area contributed by atoms with E-state index < -0.39 is 11.4 Å².